The average molecular weight is 447 g/mol. The van der Waals surface area contributed by atoms with Crippen LogP contribution in [0.15, 0.2) is 83.8 Å². The molecule has 1 amide bonds. The number of hydrogen-bond donors (Lipinski definition) is 0. The number of hydrogen-bond acceptors (Lipinski definition) is 3. The highest BCUT2D eigenvalue weighted by atomic mass is 32.2. The quantitative estimate of drug-likeness (QED) is 0.597. The van der Waals surface area contributed by atoms with Crippen LogP contribution >= 0.6 is 0 Å². The van der Waals surface area contributed by atoms with Crippen molar-refractivity contribution >= 4 is 15.9 Å². The Kier molecular flexibility index (Phi) is 5.57. The van der Waals surface area contributed by atoms with Crippen molar-refractivity contribution in [3.05, 3.63) is 101 Å². The molecule has 3 aromatic rings. The molecule has 0 aliphatic carbocycles. The summed E-state index contributed by atoms with van der Waals surface area (Å²) in [7, 11) is -3.69. The highest BCUT2D eigenvalue weighted by molar-refractivity contribution is 7.89. The summed E-state index contributed by atoms with van der Waals surface area (Å²) >= 11 is 0. The topological polar surface area (TPSA) is 57.7 Å². The summed E-state index contributed by atoms with van der Waals surface area (Å²) in [4.78, 5) is 15.4. The van der Waals surface area contributed by atoms with Gasteiger partial charge in [-0.25, -0.2) is 8.42 Å². The first-order chi connectivity index (χ1) is 15.5. The SMILES string of the molecule is O=C(c1cccc(S(=O)(=O)N2CCc3ccccc3C2)c1)N1CCCC1c1ccccc1. The van der Waals surface area contributed by atoms with E-state index in [4.69, 9.17) is 0 Å². The van der Waals surface area contributed by atoms with Gasteiger partial charge in [-0.2, -0.15) is 4.31 Å². The molecule has 0 aromatic heterocycles. The molecule has 164 valence electrons. The Balaban J connectivity index is 1.40. The number of sulfonamides is 1. The van der Waals surface area contributed by atoms with Gasteiger partial charge in [0.25, 0.3) is 5.91 Å². The standard InChI is InChI=1S/C26H26N2O3S/c29-26(28-16-7-14-25(28)21-9-2-1-3-10-21)22-12-6-13-24(18-22)32(30,31)27-17-15-20-8-4-5-11-23(20)19-27/h1-6,8-13,18,25H,7,14-17,19H2. The first kappa shape index (κ1) is 20.9. The van der Waals surface area contributed by atoms with Crippen molar-refractivity contribution in [2.75, 3.05) is 13.1 Å². The molecule has 32 heavy (non-hydrogen) atoms. The number of carbonyl (C=O) groups excluding carboxylic acids is 1. The lowest BCUT2D eigenvalue weighted by Crippen LogP contribution is -2.36. The van der Waals surface area contributed by atoms with Crippen molar-refractivity contribution in [3.8, 4) is 0 Å². The number of nitrogens with zero attached hydrogens (tertiary/aromatic N) is 2. The van der Waals surface area contributed by atoms with E-state index in [1.165, 1.54) is 9.87 Å². The lowest BCUT2D eigenvalue weighted by molar-refractivity contribution is 0.0735. The predicted octanol–water partition coefficient (Wildman–Crippen LogP) is 4.41. The second-order valence-corrected chi connectivity index (χ2v) is 10.4. The normalized spacial score (nSPS) is 19.0. The van der Waals surface area contributed by atoms with E-state index in [0.717, 1.165) is 24.0 Å². The maximum absolute atomic E-state index is 13.4. The summed E-state index contributed by atoms with van der Waals surface area (Å²) in [5.41, 5.74) is 3.78. The summed E-state index contributed by atoms with van der Waals surface area (Å²) in [6.45, 7) is 1.48. The van der Waals surface area contributed by atoms with Crippen LogP contribution in [0.2, 0.25) is 0 Å². The average Bonchev–Trinajstić information content (AvgIpc) is 3.34. The monoisotopic (exact) mass is 446 g/mol. The minimum absolute atomic E-state index is 0.0301. The summed E-state index contributed by atoms with van der Waals surface area (Å²) in [6, 6.07) is 24.5. The molecule has 0 spiro atoms. The molecular formula is C26H26N2O3S. The number of fused-ring (bicyclic) bond motifs is 1. The molecule has 0 radical (unpaired) electrons. The van der Waals surface area contributed by atoms with E-state index in [1.54, 1.807) is 24.3 Å². The third-order valence-electron chi connectivity index (χ3n) is 6.51. The highest BCUT2D eigenvalue weighted by Gasteiger charge is 2.32. The van der Waals surface area contributed by atoms with Crippen LogP contribution in [0.3, 0.4) is 0 Å². The summed E-state index contributed by atoms with van der Waals surface area (Å²) in [5.74, 6) is -0.114. The predicted molar refractivity (Wildman–Crippen MR) is 124 cm³/mol. The molecule has 2 heterocycles. The molecule has 3 aromatic carbocycles. The lowest BCUT2D eigenvalue weighted by atomic mass is 10.0. The van der Waals surface area contributed by atoms with Gasteiger partial charge < -0.3 is 4.90 Å². The first-order valence-electron chi connectivity index (χ1n) is 11.1. The molecule has 1 saturated heterocycles. The van der Waals surface area contributed by atoms with Crippen LogP contribution in [0.4, 0.5) is 0 Å². The first-order valence-corrected chi connectivity index (χ1v) is 12.5. The molecule has 2 aliphatic rings. The van der Waals surface area contributed by atoms with E-state index < -0.39 is 10.0 Å². The summed E-state index contributed by atoms with van der Waals surface area (Å²) in [5, 5.41) is 0. The molecule has 6 heteroatoms. The van der Waals surface area contributed by atoms with Gasteiger partial charge in [0.1, 0.15) is 0 Å². The van der Waals surface area contributed by atoms with Gasteiger partial charge in [-0.05, 0) is 54.2 Å². The Hall–Kier alpha value is -2.96. The van der Waals surface area contributed by atoms with E-state index in [-0.39, 0.29) is 16.8 Å². The molecule has 0 saturated carbocycles. The Labute approximate surface area is 189 Å². The van der Waals surface area contributed by atoms with Crippen LogP contribution in [0.1, 0.15) is 45.9 Å². The van der Waals surface area contributed by atoms with Crippen molar-refractivity contribution in [2.24, 2.45) is 0 Å². The fourth-order valence-corrected chi connectivity index (χ4v) is 6.28. The van der Waals surface area contributed by atoms with Gasteiger partial charge in [-0.1, -0.05) is 60.7 Å². The minimum atomic E-state index is -3.69. The van der Waals surface area contributed by atoms with Crippen LogP contribution in [-0.2, 0) is 23.0 Å². The fourth-order valence-electron chi connectivity index (χ4n) is 4.81. The Morgan fingerprint density at radius 1 is 0.844 bits per heavy atom. The van der Waals surface area contributed by atoms with Gasteiger partial charge in [-0.3, -0.25) is 4.79 Å². The maximum atomic E-state index is 13.4. The van der Waals surface area contributed by atoms with Crippen molar-refractivity contribution in [2.45, 2.75) is 36.7 Å². The third kappa shape index (κ3) is 3.85. The zero-order valence-corrected chi connectivity index (χ0v) is 18.7. The van der Waals surface area contributed by atoms with Gasteiger partial charge in [-0.15, -0.1) is 0 Å². The van der Waals surface area contributed by atoms with E-state index in [2.05, 4.69) is 6.07 Å². The molecular weight excluding hydrogens is 420 g/mol. The molecule has 0 N–H and O–H groups in total. The number of likely N-dealkylation sites (tertiary alicyclic amines) is 1. The van der Waals surface area contributed by atoms with Crippen molar-refractivity contribution in [1.29, 1.82) is 0 Å². The minimum Gasteiger partial charge on any atom is -0.332 e. The van der Waals surface area contributed by atoms with E-state index in [0.29, 0.717) is 31.6 Å². The maximum Gasteiger partial charge on any atom is 0.254 e. The van der Waals surface area contributed by atoms with Gasteiger partial charge in [0.05, 0.1) is 10.9 Å². The van der Waals surface area contributed by atoms with Crippen LogP contribution in [0.5, 0.6) is 0 Å². The van der Waals surface area contributed by atoms with Crippen molar-refractivity contribution in [3.63, 3.8) is 0 Å². The van der Waals surface area contributed by atoms with Crippen LogP contribution < -0.4 is 0 Å². The fraction of sp³-hybridized carbons (Fsp3) is 0.269. The molecule has 1 fully saturated rings. The van der Waals surface area contributed by atoms with Crippen molar-refractivity contribution in [1.82, 2.24) is 9.21 Å². The summed E-state index contributed by atoms with van der Waals surface area (Å²) in [6.07, 6.45) is 2.55. The highest BCUT2D eigenvalue weighted by Crippen LogP contribution is 2.33. The molecule has 5 nitrogen and oxygen atoms in total. The smallest absolute Gasteiger partial charge is 0.254 e. The van der Waals surface area contributed by atoms with E-state index >= 15 is 0 Å². The van der Waals surface area contributed by atoms with Gasteiger partial charge in [0.15, 0.2) is 0 Å². The third-order valence-corrected chi connectivity index (χ3v) is 8.35. The van der Waals surface area contributed by atoms with Crippen molar-refractivity contribution < 1.29 is 13.2 Å². The zero-order chi connectivity index (χ0) is 22.1. The zero-order valence-electron chi connectivity index (χ0n) is 17.9. The van der Waals surface area contributed by atoms with Gasteiger partial charge in [0.2, 0.25) is 10.0 Å². The largest absolute Gasteiger partial charge is 0.332 e. The number of carbonyl (C=O) groups is 1. The number of amides is 1. The lowest BCUT2D eigenvalue weighted by Gasteiger charge is -2.28. The van der Waals surface area contributed by atoms with E-state index in [9.17, 15) is 13.2 Å². The molecule has 1 unspecified atom stereocenters. The molecule has 0 bridgehead atoms. The summed E-state index contributed by atoms with van der Waals surface area (Å²) < 4.78 is 28.3. The number of rotatable bonds is 4. The molecule has 5 rings (SSSR count). The van der Waals surface area contributed by atoms with Gasteiger partial charge in [0, 0.05) is 25.2 Å². The van der Waals surface area contributed by atoms with E-state index in [1.807, 2.05) is 53.4 Å². The molecule has 1 atom stereocenters. The molecule has 2 aliphatic heterocycles. The second kappa shape index (κ2) is 8.52. The van der Waals surface area contributed by atoms with Crippen LogP contribution in [-0.4, -0.2) is 36.6 Å². The van der Waals surface area contributed by atoms with Gasteiger partial charge >= 0.3 is 0 Å². The van der Waals surface area contributed by atoms with Crippen LogP contribution in [0, 0.1) is 0 Å². The number of benzene rings is 3. The van der Waals surface area contributed by atoms with Crippen LogP contribution in [0.25, 0.3) is 0 Å². The Bertz CT molecular complexity index is 1240. The Morgan fingerprint density at radius 3 is 2.41 bits per heavy atom. The second-order valence-electron chi connectivity index (χ2n) is 8.45. The Morgan fingerprint density at radius 2 is 1.59 bits per heavy atom.